The maximum atomic E-state index is 10.0. The van der Waals surface area contributed by atoms with Gasteiger partial charge in [0.1, 0.15) is 0 Å². The Morgan fingerprint density at radius 3 is 2.37 bits per heavy atom. The van der Waals surface area contributed by atoms with Crippen LogP contribution in [0.1, 0.15) is 81.3 Å². The van der Waals surface area contributed by atoms with E-state index < -0.39 is 0 Å². The van der Waals surface area contributed by atoms with Gasteiger partial charge in [-0.2, -0.15) is 4.98 Å². The van der Waals surface area contributed by atoms with E-state index in [9.17, 15) is 5.11 Å². The van der Waals surface area contributed by atoms with Crippen molar-refractivity contribution in [1.82, 2.24) is 10.1 Å². The van der Waals surface area contributed by atoms with E-state index in [-0.39, 0.29) is 31.5 Å². The maximum absolute atomic E-state index is 10.0. The predicted octanol–water partition coefficient (Wildman–Crippen LogP) is 3.13. The van der Waals surface area contributed by atoms with Crippen LogP contribution in [0.5, 0.6) is 0 Å². The van der Waals surface area contributed by atoms with Crippen LogP contribution in [-0.2, 0) is 19.5 Å². The van der Waals surface area contributed by atoms with Gasteiger partial charge in [-0.25, -0.2) is 0 Å². The minimum atomic E-state index is -0.293. The molecule has 2 unspecified atom stereocenters. The smallest absolute Gasteiger partial charge is 0.232 e. The first kappa shape index (κ1) is 15.1. The Labute approximate surface area is 127 Å². The molecule has 102 valence electrons. The van der Waals surface area contributed by atoms with Crippen LogP contribution in [0.15, 0.2) is 4.52 Å². The van der Waals surface area contributed by atoms with Gasteiger partial charge in [0, 0.05) is 25.4 Å². The second-order valence-corrected chi connectivity index (χ2v) is 5.78. The van der Waals surface area contributed by atoms with Crippen molar-refractivity contribution in [3.05, 3.63) is 11.7 Å². The molecular formula is C14H22N2O2Zn. The van der Waals surface area contributed by atoms with E-state index in [1.165, 1.54) is 32.1 Å². The van der Waals surface area contributed by atoms with Gasteiger partial charge in [-0.15, -0.1) is 0 Å². The van der Waals surface area contributed by atoms with Gasteiger partial charge in [-0.05, 0) is 25.7 Å². The van der Waals surface area contributed by atoms with Crippen LogP contribution in [0.2, 0.25) is 0 Å². The van der Waals surface area contributed by atoms with Gasteiger partial charge < -0.3 is 9.63 Å². The normalized spacial score (nSPS) is 28.9. The second-order valence-electron chi connectivity index (χ2n) is 5.78. The van der Waals surface area contributed by atoms with Gasteiger partial charge in [-0.1, -0.05) is 37.3 Å². The summed E-state index contributed by atoms with van der Waals surface area (Å²) in [5, 5.41) is 14.2. The molecule has 5 heteroatoms. The van der Waals surface area contributed by atoms with E-state index in [0.29, 0.717) is 11.8 Å². The fourth-order valence-corrected chi connectivity index (χ4v) is 3.32. The molecule has 2 saturated carbocycles. The van der Waals surface area contributed by atoms with E-state index >= 15 is 0 Å². The molecule has 0 aliphatic heterocycles. The summed E-state index contributed by atoms with van der Waals surface area (Å²) in [5.74, 6) is 2.10. The Morgan fingerprint density at radius 1 is 0.947 bits per heavy atom. The summed E-state index contributed by atoms with van der Waals surface area (Å²) in [6.45, 7) is 0. The Kier molecular flexibility index (Phi) is 5.52. The molecule has 0 saturated heterocycles. The summed E-state index contributed by atoms with van der Waals surface area (Å²) in [5.41, 5.74) is 0. The van der Waals surface area contributed by atoms with Crippen LogP contribution in [0.25, 0.3) is 0 Å². The van der Waals surface area contributed by atoms with Crippen molar-refractivity contribution < 1.29 is 29.1 Å². The number of hydrogen-bond donors (Lipinski definition) is 1. The molecule has 1 aromatic rings. The van der Waals surface area contributed by atoms with Crippen LogP contribution in [0.4, 0.5) is 0 Å². The summed E-state index contributed by atoms with van der Waals surface area (Å²) in [7, 11) is 0. The molecule has 0 amide bonds. The minimum absolute atomic E-state index is 0. The van der Waals surface area contributed by atoms with E-state index in [4.69, 9.17) is 4.52 Å². The summed E-state index contributed by atoms with van der Waals surface area (Å²) in [6.07, 6.45) is 10.1. The third-order valence-corrected chi connectivity index (χ3v) is 4.47. The fraction of sp³-hybridized carbons (Fsp3) is 0.857. The Balaban J connectivity index is 0.00000133. The van der Waals surface area contributed by atoms with E-state index in [0.717, 1.165) is 31.5 Å². The number of aromatic nitrogens is 2. The standard InChI is InChI=1S/C14H22N2O2.Zn/c17-12-9-5-4-8-11(12)14-15-13(16-18-14)10-6-2-1-3-7-10;/h10-12,17H,1-9H2;. The fourth-order valence-electron chi connectivity index (χ4n) is 3.32. The summed E-state index contributed by atoms with van der Waals surface area (Å²) in [6, 6.07) is 0. The average Bonchev–Trinajstić information content (AvgIpc) is 2.90. The molecule has 2 fully saturated rings. The van der Waals surface area contributed by atoms with Crippen LogP contribution >= 0.6 is 0 Å². The van der Waals surface area contributed by atoms with Crippen LogP contribution < -0.4 is 0 Å². The zero-order chi connectivity index (χ0) is 12.4. The summed E-state index contributed by atoms with van der Waals surface area (Å²) < 4.78 is 5.41. The molecule has 0 radical (unpaired) electrons. The first-order valence-electron chi connectivity index (χ1n) is 7.36. The number of rotatable bonds is 2. The molecule has 2 aliphatic rings. The van der Waals surface area contributed by atoms with Crippen molar-refractivity contribution in [2.45, 2.75) is 75.7 Å². The average molecular weight is 316 g/mol. The van der Waals surface area contributed by atoms with E-state index in [1.54, 1.807) is 0 Å². The zero-order valence-corrected chi connectivity index (χ0v) is 14.5. The van der Waals surface area contributed by atoms with Crippen LogP contribution in [0, 0.1) is 0 Å². The Morgan fingerprint density at radius 2 is 1.63 bits per heavy atom. The van der Waals surface area contributed by atoms with Gasteiger partial charge in [0.25, 0.3) is 0 Å². The molecule has 3 rings (SSSR count). The van der Waals surface area contributed by atoms with Crippen LogP contribution in [-0.4, -0.2) is 21.4 Å². The molecule has 0 bridgehead atoms. The molecule has 1 heterocycles. The topological polar surface area (TPSA) is 59.2 Å². The van der Waals surface area contributed by atoms with Gasteiger partial charge in [0.05, 0.1) is 12.0 Å². The van der Waals surface area contributed by atoms with Crippen molar-refractivity contribution in [3.63, 3.8) is 0 Å². The number of nitrogens with zero attached hydrogens (tertiary/aromatic N) is 2. The Hall–Kier alpha value is -0.277. The Bertz CT molecular complexity index is 391. The van der Waals surface area contributed by atoms with Crippen LogP contribution in [0.3, 0.4) is 0 Å². The van der Waals surface area contributed by atoms with Crippen molar-refractivity contribution in [1.29, 1.82) is 0 Å². The zero-order valence-electron chi connectivity index (χ0n) is 11.6. The molecule has 4 nitrogen and oxygen atoms in total. The summed E-state index contributed by atoms with van der Waals surface area (Å²) in [4.78, 5) is 4.57. The maximum Gasteiger partial charge on any atom is 0.232 e. The van der Waals surface area contributed by atoms with Gasteiger partial charge in [0.15, 0.2) is 5.82 Å². The SMILES string of the molecule is OC1CCCCC1c1nc(C2CCCCC2)no1.[Zn]. The second kappa shape index (κ2) is 6.94. The van der Waals surface area contributed by atoms with E-state index in [2.05, 4.69) is 10.1 Å². The molecule has 1 aromatic heterocycles. The van der Waals surface area contributed by atoms with Gasteiger partial charge >= 0.3 is 0 Å². The van der Waals surface area contributed by atoms with Gasteiger partial charge in [0.2, 0.25) is 5.89 Å². The monoisotopic (exact) mass is 314 g/mol. The molecule has 2 atom stereocenters. The molecule has 19 heavy (non-hydrogen) atoms. The van der Waals surface area contributed by atoms with Crippen molar-refractivity contribution in [3.8, 4) is 0 Å². The number of hydrogen-bond acceptors (Lipinski definition) is 4. The van der Waals surface area contributed by atoms with Crippen molar-refractivity contribution in [2.24, 2.45) is 0 Å². The third-order valence-electron chi connectivity index (χ3n) is 4.47. The molecule has 0 aromatic carbocycles. The van der Waals surface area contributed by atoms with Crippen molar-refractivity contribution >= 4 is 0 Å². The third kappa shape index (κ3) is 3.43. The van der Waals surface area contributed by atoms with E-state index in [1.807, 2.05) is 0 Å². The number of aliphatic hydroxyl groups excluding tert-OH is 1. The minimum Gasteiger partial charge on any atom is -0.392 e. The molecule has 0 spiro atoms. The number of aliphatic hydroxyl groups is 1. The van der Waals surface area contributed by atoms with Crippen molar-refractivity contribution in [2.75, 3.05) is 0 Å². The predicted molar refractivity (Wildman–Crippen MR) is 67.3 cm³/mol. The first-order chi connectivity index (χ1) is 8.84. The molecular weight excluding hydrogens is 294 g/mol. The molecule has 2 aliphatic carbocycles. The first-order valence-corrected chi connectivity index (χ1v) is 7.36. The summed E-state index contributed by atoms with van der Waals surface area (Å²) >= 11 is 0. The van der Waals surface area contributed by atoms with Gasteiger partial charge in [-0.3, -0.25) is 0 Å². The quantitative estimate of drug-likeness (QED) is 0.852. The largest absolute Gasteiger partial charge is 0.392 e. The molecule has 1 N–H and O–H groups in total.